The Bertz CT molecular complexity index is 762. The van der Waals surface area contributed by atoms with Gasteiger partial charge in [0.2, 0.25) is 11.8 Å². The molecule has 1 saturated heterocycles. The molecule has 1 atom stereocenters. The van der Waals surface area contributed by atoms with Gasteiger partial charge in [0.15, 0.2) is 0 Å². The molecule has 2 aromatic rings. The van der Waals surface area contributed by atoms with Gasteiger partial charge in [-0.1, -0.05) is 23.7 Å². The molecule has 1 N–H and O–H groups in total. The van der Waals surface area contributed by atoms with Gasteiger partial charge in [-0.05, 0) is 54.8 Å². The second kappa shape index (κ2) is 7.66. The second-order valence-electron chi connectivity index (χ2n) is 5.96. The van der Waals surface area contributed by atoms with E-state index < -0.39 is 6.04 Å². The van der Waals surface area contributed by atoms with Crippen molar-refractivity contribution >= 4 is 29.1 Å². The van der Waals surface area contributed by atoms with Gasteiger partial charge >= 0.3 is 0 Å². The maximum Gasteiger partial charge on any atom is 0.243 e. The Hall–Kier alpha value is -2.40. The molecule has 0 aliphatic carbocycles. The topological polar surface area (TPSA) is 49.4 Å². The minimum atomic E-state index is -0.553. The van der Waals surface area contributed by atoms with Gasteiger partial charge < -0.3 is 5.32 Å². The molecule has 2 aromatic carbocycles. The van der Waals surface area contributed by atoms with Crippen LogP contribution >= 0.6 is 11.6 Å². The van der Waals surface area contributed by atoms with Crippen molar-refractivity contribution in [1.82, 2.24) is 5.32 Å². The van der Waals surface area contributed by atoms with E-state index >= 15 is 0 Å². The lowest BCUT2D eigenvalue weighted by molar-refractivity contribution is -0.123. The number of nitrogens with one attached hydrogen (secondary N) is 1. The van der Waals surface area contributed by atoms with Crippen LogP contribution in [0.5, 0.6) is 0 Å². The van der Waals surface area contributed by atoms with Crippen LogP contribution in [0.1, 0.15) is 18.4 Å². The Morgan fingerprint density at radius 3 is 2.52 bits per heavy atom. The normalized spacial score (nSPS) is 17.0. The first-order valence-electron chi connectivity index (χ1n) is 8.14. The number of hydrogen-bond donors (Lipinski definition) is 1. The quantitative estimate of drug-likeness (QED) is 0.889. The lowest BCUT2D eigenvalue weighted by Crippen LogP contribution is -2.45. The molecule has 1 fully saturated rings. The van der Waals surface area contributed by atoms with Crippen LogP contribution in [-0.4, -0.2) is 24.4 Å². The predicted octanol–water partition coefficient (Wildman–Crippen LogP) is 3.33. The Morgan fingerprint density at radius 1 is 1.16 bits per heavy atom. The highest BCUT2D eigenvalue weighted by Gasteiger charge is 2.36. The van der Waals surface area contributed by atoms with Crippen molar-refractivity contribution in [2.24, 2.45) is 0 Å². The smallest absolute Gasteiger partial charge is 0.243 e. The SMILES string of the molecule is O=C(NCCc1ccc(Cl)cc1)C1CCC(=O)N1c1ccc(F)cc1. The van der Waals surface area contributed by atoms with Crippen LogP contribution in [0.3, 0.4) is 0 Å². The summed E-state index contributed by atoms with van der Waals surface area (Å²) in [6.07, 6.45) is 1.45. The van der Waals surface area contributed by atoms with E-state index in [9.17, 15) is 14.0 Å². The average Bonchev–Trinajstić information content (AvgIpc) is 2.99. The van der Waals surface area contributed by atoms with Gasteiger partial charge in [-0.2, -0.15) is 0 Å². The third kappa shape index (κ3) is 4.17. The molecule has 2 amide bonds. The summed E-state index contributed by atoms with van der Waals surface area (Å²) < 4.78 is 13.1. The molecular formula is C19H18ClFN2O2. The fraction of sp³-hybridized carbons (Fsp3) is 0.263. The molecule has 1 unspecified atom stereocenters. The van der Waals surface area contributed by atoms with Crippen molar-refractivity contribution in [2.75, 3.05) is 11.4 Å². The second-order valence-corrected chi connectivity index (χ2v) is 6.40. The number of anilines is 1. The molecule has 25 heavy (non-hydrogen) atoms. The molecule has 6 heteroatoms. The molecule has 1 aliphatic rings. The van der Waals surface area contributed by atoms with E-state index in [1.54, 1.807) is 0 Å². The molecule has 0 bridgehead atoms. The van der Waals surface area contributed by atoms with Crippen molar-refractivity contribution in [3.05, 3.63) is 64.9 Å². The van der Waals surface area contributed by atoms with Gasteiger partial charge in [0.25, 0.3) is 0 Å². The van der Waals surface area contributed by atoms with Gasteiger partial charge in [0, 0.05) is 23.7 Å². The lowest BCUT2D eigenvalue weighted by atomic mass is 10.1. The van der Waals surface area contributed by atoms with Crippen LogP contribution in [0.2, 0.25) is 5.02 Å². The summed E-state index contributed by atoms with van der Waals surface area (Å²) >= 11 is 5.85. The van der Waals surface area contributed by atoms with Gasteiger partial charge in [0.1, 0.15) is 11.9 Å². The minimum Gasteiger partial charge on any atom is -0.354 e. The molecule has 0 spiro atoms. The minimum absolute atomic E-state index is 0.121. The van der Waals surface area contributed by atoms with E-state index in [2.05, 4.69) is 5.32 Å². The highest BCUT2D eigenvalue weighted by Crippen LogP contribution is 2.27. The zero-order valence-electron chi connectivity index (χ0n) is 13.5. The van der Waals surface area contributed by atoms with Crippen LogP contribution in [0.25, 0.3) is 0 Å². The Morgan fingerprint density at radius 2 is 1.84 bits per heavy atom. The molecular weight excluding hydrogens is 343 g/mol. The summed E-state index contributed by atoms with van der Waals surface area (Å²) in [6, 6.07) is 12.5. The zero-order chi connectivity index (χ0) is 17.8. The Kier molecular flexibility index (Phi) is 5.34. The van der Waals surface area contributed by atoms with E-state index in [0.717, 1.165) is 5.56 Å². The van der Waals surface area contributed by atoms with E-state index in [1.807, 2.05) is 24.3 Å². The molecule has 0 aromatic heterocycles. The van der Waals surface area contributed by atoms with Crippen molar-refractivity contribution in [3.63, 3.8) is 0 Å². The van der Waals surface area contributed by atoms with E-state index in [0.29, 0.717) is 36.5 Å². The first kappa shape index (κ1) is 17.4. The molecule has 130 valence electrons. The molecule has 0 radical (unpaired) electrons. The van der Waals surface area contributed by atoms with E-state index in [1.165, 1.54) is 29.2 Å². The molecule has 4 nitrogen and oxygen atoms in total. The van der Waals surface area contributed by atoms with Crippen molar-refractivity contribution in [2.45, 2.75) is 25.3 Å². The first-order valence-corrected chi connectivity index (χ1v) is 8.52. The van der Waals surface area contributed by atoms with Crippen LogP contribution in [0, 0.1) is 5.82 Å². The highest BCUT2D eigenvalue weighted by molar-refractivity contribution is 6.30. The predicted molar refractivity (Wildman–Crippen MR) is 95.1 cm³/mol. The van der Waals surface area contributed by atoms with Gasteiger partial charge in [-0.25, -0.2) is 4.39 Å². The summed E-state index contributed by atoms with van der Waals surface area (Å²) in [5.74, 6) is -0.687. The lowest BCUT2D eigenvalue weighted by Gasteiger charge is -2.24. The number of rotatable bonds is 5. The summed E-state index contributed by atoms with van der Waals surface area (Å²) in [5, 5.41) is 3.55. The summed E-state index contributed by atoms with van der Waals surface area (Å²) in [5.41, 5.74) is 1.62. The average molecular weight is 361 g/mol. The van der Waals surface area contributed by atoms with Crippen LogP contribution < -0.4 is 10.2 Å². The van der Waals surface area contributed by atoms with Crippen molar-refractivity contribution < 1.29 is 14.0 Å². The zero-order valence-corrected chi connectivity index (χ0v) is 14.3. The molecule has 3 rings (SSSR count). The van der Waals surface area contributed by atoms with Gasteiger partial charge in [-0.15, -0.1) is 0 Å². The third-order valence-electron chi connectivity index (χ3n) is 4.25. The van der Waals surface area contributed by atoms with Gasteiger partial charge in [0.05, 0.1) is 0 Å². The number of hydrogen-bond acceptors (Lipinski definition) is 2. The third-order valence-corrected chi connectivity index (χ3v) is 4.50. The Balaban J connectivity index is 1.61. The molecule has 1 heterocycles. The Labute approximate surface area is 150 Å². The highest BCUT2D eigenvalue weighted by atomic mass is 35.5. The van der Waals surface area contributed by atoms with Crippen LogP contribution in [-0.2, 0) is 16.0 Å². The number of amides is 2. The van der Waals surface area contributed by atoms with Crippen LogP contribution in [0.15, 0.2) is 48.5 Å². The standard InChI is InChI=1S/C19H18ClFN2O2/c20-14-3-1-13(2-4-14)11-12-22-19(25)17-9-10-18(24)23(17)16-7-5-15(21)6-8-16/h1-8,17H,9-12H2,(H,22,25). The summed E-state index contributed by atoms with van der Waals surface area (Å²) in [7, 11) is 0. The van der Waals surface area contributed by atoms with Gasteiger partial charge in [-0.3, -0.25) is 14.5 Å². The maximum atomic E-state index is 13.1. The van der Waals surface area contributed by atoms with Crippen molar-refractivity contribution in [1.29, 1.82) is 0 Å². The maximum absolute atomic E-state index is 13.1. The number of carbonyl (C=O) groups is 2. The van der Waals surface area contributed by atoms with Crippen molar-refractivity contribution in [3.8, 4) is 0 Å². The first-order chi connectivity index (χ1) is 12.0. The monoisotopic (exact) mass is 360 g/mol. The number of carbonyl (C=O) groups excluding carboxylic acids is 2. The fourth-order valence-electron chi connectivity index (χ4n) is 2.96. The van der Waals surface area contributed by atoms with E-state index in [4.69, 9.17) is 11.6 Å². The summed E-state index contributed by atoms with van der Waals surface area (Å²) in [6.45, 7) is 0.475. The fourth-order valence-corrected chi connectivity index (χ4v) is 3.08. The summed E-state index contributed by atoms with van der Waals surface area (Å²) in [4.78, 5) is 26.1. The van der Waals surface area contributed by atoms with Crippen LogP contribution in [0.4, 0.5) is 10.1 Å². The largest absolute Gasteiger partial charge is 0.354 e. The number of halogens is 2. The molecule has 0 saturated carbocycles. The molecule has 1 aliphatic heterocycles. The van der Waals surface area contributed by atoms with E-state index in [-0.39, 0.29) is 17.6 Å². The number of benzene rings is 2. The number of nitrogens with zero attached hydrogens (tertiary/aromatic N) is 1.